The number of hydrogen-bond acceptors (Lipinski definition) is 4. The number of fused-ring (bicyclic) bond motifs is 1. The molecule has 5 nitrogen and oxygen atoms in total. The Bertz CT molecular complexity index is 477. The van der Waals surface area contributed by atoms with Gasteiger partial charge >= 0.3 is 0 Å². The van der Waals surface area contributed by atoms with Crippen LogP contribution in [0, 0.1) is 5.92 Å². The molecule has 0 radical (unpaired) electrons. The standard InChI is InChI=1S/C15H22N4O.ClH/c1-10(2)14-17-6-12(7-18-14)15(20)19-8-11-4-3-5-16-13(11)9-19;/h6-7,10-11,13,16H,3-5,8-9H2,1-2H3;1H/t11-,13+;/m0./s1. The van der Waals surface area contributed by atoms with Crippen molar-refractivity contribution in [1.82, 2.24) is 20.2 Å². The molecule has 0 bridgehead atoms. The number of hydrogen-bond donors (Lipinski definition) is 1. The third-order valence-electron chi connectivity index (χ3n) is 4.32. The summed E-state index contributed by atoms with van der Waals surface area (Å²) in [5.74, 6) is 1.76. The van der Waals surface area contributed by atoms with Gasteiger partial charge < -0.3 is 10.2 Å². The van der Waals surface area contributed by atoms with Gasteiger partial charge in [0, 0.05) is 37.4 Å². The lowest BCUT2D eigenvalue weighted by Gasteiger charge is -2.24. The first kappa shape index (κ1) is 16.2. The van der Waals surface area contributed by atoms with Gasteiger partial charge in [-0.05, 0) is 25.3 Å². The molecule has 1 N–H and O–H groups in total. The van der Waals surface area contributed by atoms with Crippen LogP contribution in [0.1, 0.15) is 48.8 Å². The first-order valence-corrected chi connectivity index (χ1v) is 7.49. The summed E-state index contributed by atoms with van der Waals surface area (Å²) in [4.78, 5) is 23.0. The molecule has 2 saturated heterocycles. The number of nitrogens with zero attached hydrogens (tertiary/aromatic N) is 3. The molecule has 0 unspecified atom stereocenters. The second-order valence-electron chi connectivity index (χ2n) is 6.16. The summed E-state index contributed by atoms with van der Waals surface area (Å²) in [5, 5.41) is 3.52. The van der Waals surface area contributed by atoms with E-state index in [1.807, 2.05) is 18.7 Å². The predicted molar refractivity (Wildman–Crippen MR) is 83.8 cm³/mol. The first-order chi connectivity index (χ1) is 9.65. The second kappa shape index (κ2) is 6.71. The zero-order valence-corrected chi connectivity index (χ0v) is 13.4. The summed E-state index contributed by atoms with van der Waals surface area (Å²) in [6.45, 7) is 6.86. The van der Waals surface area contributed by atoms with E-state index in [1.54, 1.807) is 12.4 Å². The largest absolute Gasteiger partial charge is 0.337 e. The minimum Gasteiger partial charge on any atom is -0.337 e. The average Bonchev–Trinajstić information content (AvgIpc) is 2.90. The van der Waals surface area contributed by atoms with Crippen LogP contribution in [0.2, 0.25) is 0 Å². The van der Waals surface area contributed by atoms with Gasteiger partial charge in [-0.3, -0.25) is 4.79 Å². The highest BCUT2D eigenvalue weighted by molar-refractivity contribution is 5.93. The third kappa shape index (κ3) is 3.35. The number of likely N-dealkylation sites (tertiary alicyclic amines) is 1. The molecule has 2 atom stereocenters. The molecule has 2 aliphatic rings. The number of piperidine rings is 1. The van der Waals surface area contributed by atoms with E-state index >= 15 is 0 Å². The zero-order chi connectivity index (χ0) is 14.1. The number of amides is 1. The molecule has 1 amide bonds. The number of aromatic nitrogens is 2. The molecule has 2 fully saturated rings. The average molecular weight is 311 g/mol. The molecule has 2 aliphatic heterocycles. The van der Waals surface area contributed by atoms with E-state index in [2.05, 4.69) is 15.3 Å². The van der Waals surface area contributed by atoms with Gasteiger partial charge in [0.25, 0.3) is 5.91 Å². The smallest absolute Gasteiger partial charge is 0.257 e. The van der Waals surface area contributed by atoms with E-state index < -0.39 is 0 Å². The second-order valence-corrected chi connectivity index (χ2v) is 6.16. The first-order valence-electron chi connectivity index (χ1n) is 7.49. The summed E-state index contributed by atoms with van der Waals surface area (Å²) < 4.78 is 0. The maximum absolute atomic E-state index is 12.5. The molecule has 6 heteroatoms. The van der Waals surface area contributed by atoms with Crippen molar-refractivity contribution in [1.29, 1.82) is 0 Å². The van der Waals surface area contributed by atoms with Gasteiger partial charge in [0.2, 0.25) is 0 Å². The van der Waals surface area contributed by atoms with Crippen molar-refractivity contribution in [3.05, 3.63) is 23.8 Å². The normalized spacial score (nSPS) is 24.6. The highest BCUT2D eigenvalue weighted by atomic mass is 35.5. The van der Waals surface area contributed by atoms with Crippen molar-refractivity contribution in [2.75, 3.05) is 19.6 Å². The lowest BCUT2D eigenvalue weighted by atomic mass is 9.94. The van der Waals surface area contributed by atoms with Crippen molar-refractivity contribution in [2.24, 2.45) is 5.92 Å². The van der Waals surface area contributed by atoms with E-state index in [0.717, 1.165) is 25.5 Å². The van der Waals surface area contributed by atoms with E-state index in [-0.39, 0.29) is 24.2 Å². The van der Waals surface area contributed by atoms with Crippen molar-refractivity contribution < 1.29 is 4.79 Å². The SMILES string of the molecule is CC(C)c1ncc(C(=O)N2C[C@@H]3CCCN[C@@H]3C2)cn1.Cl. The Morgan fingerprint density at radius 3 is 2.67 bits per heavy atom. The van der Waals surface area contributed by atoms with Crippen LogP contribution in [-0.2, 0) is 0 Å². The fraction of sp³-hybridized carbons (Fsp3) is 0.667. The van der Waals surface area contributed by atoms with Crippen LogP contribution in [0.25, 0.3) is 0 Å². The van der Waals surface area contributed by atoms with E-state index in [1.165, 1.54) is 12.8 Å². The Labute approximate surface area is 131 Å². The minimum atomic E-state index is 0. The van der Waals surface area contributed by atoms with Crippen molar-refractivity contribution in [3.8, 4) is 0 Å². The van der Waals surface area contributed by atoms with Gasteiger partial charge in [-0.15, -0.1) is 12.4 Å². The molecule has 3 rings (SSSR count). The summed E-state index contributed by atoms with van der Waals surface area (Å²) >= 11 is 0. The highest BCUT2D eigenvalue weighted by Crippen LogP contribution is 2.25. The van der Waals surface area contributed by atoms with Crippen molar-refractivity contribution in [2.45, 2.75) is 38.6 Å². The van der Waals surface area contributed by atoms with Gasteiger partial charge in [-0.2, -0.15) is 0 Å². The van der Waals surface area contributed by atoms with E-state index in [4.69, 9.17) is 0 Å². The molecule has 3 heterocycles. The third-order valence-corrected chi connectivity index (χ3v) is 4.32. The Morgan fingerprint density at radius 1 is 1.33 bits per heavy atom. The molecule has 116 valence electrons. The van der Waals surface area contributed by atoms with Gasteiger partial charge in [0.1, 0.15) is 5.82 Å². The van der Waals surface area contributed by atoms with E-state index in [9.17, 15) is 4.79 Å². The van der Waals surface area contributed by atoms with Gasteiger partial charge in [-0.1, -0.05) is 13.8 Å². The van der Waals surface area contributed by atoms with Crippen LogP contribution >= 0.6 is 12.4 Å². The summed E-state index contributed by atoms with van der Waals surface area (Å²) in [6.07, 6.45) is 5.78. The fourth-order valence-electron chi connectivity index (χ4n) is 3.14. The maximum atomic E-state index is 12.5. The number of halogens is 1. The monoisotopic (exact) mass is 310 g/mol. The Kier molecular flexibility index (Phi) is 5.17. The molecule has 21 heavy (non-hydrogen) atoms. The van der Waals surface area contributed by atoms with Crippen LogP contribution in [0.4, 0.5) is 0 Å². The van der Waals surface area contributed by atoms with Crippen LogP contribution in [0.5, 0.6) is 0 Å². The fourth-order valence-corrected chi connectivity index (χ4v) is 3.14. The van der Waals surface area contributed by atoms with Gasteiger partial charge in [0.15, 0.2) is 0 Å². The van der Waals surface area contributed by atoms with Crippen LogP contribution in [0.15, 0.2) is 12.4 Å². The molecular weight excluding hydrogens is 288 g/mol. The summed E-state index contributed by atoms with van der Waals surface area (Å²) in [7, 11) is 0. The van der Waals surface area contributed by atoms with Crippen molar-refractivity contribution >= 4 is 18.3 Å². The van der Waals surface area contributed by atoms with Crippen LogP contribution in [0.3, 0.4) is 0 Å². The number of carbonyl (C=O) groups is 1. The lowest BCUT2D eigenvalue weighted by Crippen LogP contribution is -2.41. The molecular formula is C15H23ClN4O. The van der Waals surface area contributed by atoms with Gasteiger partial charge in [-0.25, -0.2) is 9.97 Å². The topological polar surface area (TPSA) is 58.1 Å². The quantitative estimate of drug-likeness (QED) is 0.905. The zero-order valence-electron chi connectivity index (χ0n) is 12.6. The van der Waals surface area contributed by atoms with Crippen LogP contribution in [-0.4, -0.2) is 46.5 Å². The number of nitrogens with one attached hydrogen (secondary N) is 1. The van der Waals surface area contributed by atoms with Gasteiger partial charge in [0.05, 0.1) is 5.56 Å². The van der Waals surface area contributed by atoms with E-state index in [0.29, 0.717) is 17.5 Å². The van der Waals surface area contributed by atoms with Crippen LogP contribution < -0.4 is 5.32 Å². The Balaban J connectivity index is 0.00000161. The highest BCUT2D eigenvalue weighted by Gasteiger charge is 2.36. The maximum Gasteiger partial charge on any atom is 0.257 e. The Hall–Kier alpha value is -1.20. The molecule has 0 aromatic carbocycles. The Morgan fingerprint density at radius 2 is 2.05 bits per heavy atom. The predicted octanol–water partition coefficient (Wildman–Crippen LogP) is 1.85. The van der Waals surface area contributed by atoms with Crippen molar-refractivity contribution in [3.63, 3.8) is 0 Å². The summed E-state index contributed by atoms with van der Waals surface area (Å²) in [6, 6.07) is 0.476. The minimum absolute atomic E-state index is 0. The summed E-state index contributed by atoms with van der Waals surface area (Å²) in [5.41, 5.74) is 0.605. The molecule has 0 spiro atoms. The molecule has 0 aliphatic carbocycles. The molecule has 0 saturated carbocycles. The number of carbonyl (C=O) groups excluding carboxylic acids is 1. The molecule has 1 aromatic heterocycles. The lowest BCUT2D eigenvalue weighted by molar-refractivity contribution is 0.0784. The molecule has 1 aromatic rings. The number of rotatable bonds is 2.